The van der Waals surface area contributed by atoms with E-state index in [9.17, 15) is 0 Å². The molecule has 0 saturated carbocycles. The van der Waals surface area contributed by atoms with Crippen molar-refractivity contribution in [2.24, 2.45) is 0 Å². The van der Waals surface area contributed by atoms with Crippen LogP contribution in [-0.4, -0.2) is 5.16 Å². The quantitative estimate of drug-likeness (QED) is 0.607. The average molecular weight is 152 g/mol. The van der Waals surface area contributed by atoms with Gasteiger partial charge in [0.15, 0.2) is 0 Å². The third-order valence-electron chi connectivity index (χ3n) is 0.837. The molecule has 0 fully saturated rings. The second kappa shape index (κ2) is 5.10. The summed E-state index contributed by atoms with van der Waals surface area (Å²) in [7, 11) is 0. The summed E-state index contributed by atoms with van der Waals surface area (Å²) in [5.74, 6) is 0. The van der Waals surface area contributed by atoms with E-state index in [1.807, 2.05) is 6.08 Å². The maximum absolute atomic E-state index is 4.55. The Balaban J connectivity index is 0.000000112. The van der Waals surface area contributed by atoms with Gasteiger partial charge in [0.25, 0.3) is 0 Å². The molecule has 2 heterocycles. The smallest absolute Gasteiger partial charge is 0.123 e. The standard InChI is InChI=1S/C4H5NO.C3H3NO/c1-2-4-6-5-3-1;1-2-4-5-3-1/h1-5H;1-3H. The van der Waals surface area contributed by atoms with Crippen molar-refractivity contribution < 1.29 is 9.36 Å². The van der Waals surface area contributed by atoms with E-state index in [4.69, 9.17) is 0 Å². The summed E-state index contributed by atoms with van der Waals surface area (Å²) in [5.41, 5.74) is 2.52. The van der Waals surface area contributed by atoms with Crippen molar-refractivity contribution in [3.05, 3.63) is 43.1 Å². The summed E-state index contributed by atoms with van der Waals surface area (Å²) in [6, 6.07) is 1.72. The van der Waals surface area contributed by atoms with E-state index in [0.29, 0.717) is 0 Å². The number of allylic oxidation sites excluding steroid dienone is 2. The van der Waals surface area contributed by atoms with Crippen molar-refractivity contribution in [1.29, 1.82) is 0 Å². The molecule has 11 heavy (non-hydrogen) atoms. The molecule has 1 aromatic heterocycles. The van der Waals surface area contributed by atoms with Gasteiger partial charge in [-0.05, 0) is 18.2 Å². The van der Waals surface area contributed by atoms with Crippen molar-refractivity contribution >= 4 is 0 Å². The number of hydroxylamine groups is 1. The summed E-state index contributed by atoms with van der Waals surface area (Å²) >= 11 is 0. The van der Waals surface area contributed by atoms with Crippen LogP contribution in [0.15, 0.2) is 47.7 Å². The maximum atomic E-state index is 4.55. The molecule has 0 radical (unpaired) electrons. The molecule has 0 amide bonds. The summed E-state index contributed by atoms with van der Waals surface area (Å²) in [6.45, 7) is 0. The summed E-state index contributed by atoms with van der Waals surface area (Å²) in [6.07, 6.45) is 10.0. The molecule has 0 unspecified atom stereocenters. The lowest BCUT2D eigenvalue weighted by Crippen LogP contribution is -2.01. The highest BCUT2D eigenvalue weighted by atomic mass is 16.6. The number of hydrogen-bond donors (Lipinski definition) is 1. The Hall–Kier alpha value is -1.71. The molecule has 0 saturated heterocycles. The van der Waals surface area contributed by atoms with Gasteiger partial charge in [0.05, 0.1) is 6.20 Å². The molecular weight excluding hydrogens is 144 g/mol. The first-order chi connectivity index (χ1) is 5.50. The molecule has 1 aliphatic rings. The highest BCUT2D eigenvalue weighted by Crippen LogP contribution is 1.80. The lowest BCUT2D eigenvalue weighted by atomic mass is 10.6. The monoisotopic (exact) mass is 152 g/mol. The molecule has 58 valence electrons. The maximum Gasteiger partial charge on any atom is 0.123 e. The van der Waals surface area contributed by atoms with Gasteiger partial charge in [0.1, 0.15) is 12.5 Å². The lowest BCUT2D eigenvalue weighted by Gasteiger charge is -1.97. The van der Waals surface area contributed by atoms with Crippen molar-refractivity contribution in [3.8, 4) is 0 Å². The minimum Gasteiger partial charge on any atom is -0.391 e. The van der Waals surface area contributed by atoms with Gasteiger partial charge in [-0.2, -0.15) is 0 Å². The van der Waals surface area contributed by atoms with Crippen molar-refractivity contribution in [3.63, 3.8) is 0 Å². The largest absolute Gasteiger partial charge is 0.391 e. The molecular formula is C7H8N2O2. The van der Waals surface area contributed by atoms with Gasteiger partial charge in [-0.1, -0.05) is 5.16 Å². The van der Waals surface area contributed by atoms with Crippen LogP contribution >= 0.6 is 0 Å². The number of nitrogens with one attached hydrogen (secondary N) is 1. The first kappa shape index (κ1) is 7.40. The topological polar surface area (TPSA) is 47.3 Å². The number of rotatable bonds is 0. The van der Waals surface area contributed by atoms with E-state index >= 15 is 0 Å². The highest BCUT2D eigenvalue weighted by molar-refractivity contribution is 5.00. The Morgan fingerprint density at radius 1 is 1.27 bits per heavy atom. The van der Waals surface area contributed by atoms with E-state index in [1.54, 1.807) is 30.8 Å². The number of hydrogen-bond acceptors (Lipinski definition) is 4. The van der Waals surface area contributed by atoms with Crippen molar-refractivity contribution in [2.45, 2.75) is 0 Å². The zero-order valence-electron chi connectivity index (χ0n) is 5.81. The normalized spacial score (nSPS) is 12.4. The van der Waals surface area contributed by atoms with Crippen LogP contribution in [0.4, 0.5) is 0 Å². The van der Waals surface area contributed by atoms with Gasteiger partial charge in [0.2, 0.25) is 0 Å². The third kappa shape index (κ3) is 3.80. The number of nitrogens with zero attached hydrogens (tertiary/aromatic N) is 1. The predicted octanol–water partition coefficient (Wildman–Crippen LogP) is 1.22. The molecule has 1 aromatic rings. The molecule has 0 atom stereocenters. The van der Waals surface area contributed by atoms with Crippen LogP contribution in [0.1, 0.15) is 0 Å². The SMILES string of the molecule is C1=CNOC=C1.c1cnoc1. The van der Waals surface area contributed by atoms with Crippen LogP contribution in [0.2, 0.25) is 0 Å². The molecule has 4 heteroatoms. The van der Waals surface area contributed by atoms with Crippen LogP contribution in [0.3, 0.4) is 0 Å². The van der Waals surface area contributed by atoms with E-state index < -0.39 is 0 Å². The van der Waals surface area contributed by atoms with Crippen molar-refractivity contribution in [1.82, 2.24) is 10.6 Å². The molecule has 0 aliphatic carbocycles. The predicted molar refractivity (Wildman–Crippen MR) is 39.0 cm³/mol. The van der Waals surface area contributed by atoms with E-state index in [1.165, 1.54) is 6.26 Å². The molecule has 1 N–H and O–H groups in total. The Morgan fingerprint density at radius 2 is 2.27 bits per heavy atom. The Labute approximate surface area is 64.1 Å². The Kier molecular flexibility index (Phi) is 3.43. The van der Waals surface area contributed by atoms with Gasteiger partial charge < -0.3 is 9.36 Å². The zero-order chi connectivity index (χ0) is 7.78. The van der Waals surface area contributed by atoms with Crippen LogP contribution in [-0.2, 0) is 4.84 Å². The Bertz CT molecular complexity index is 187. The summed E-state index contributed by atoms with van der Waals surface area (Å²) in [5, 5.41) is 3.35. The second-order valence-electron chi connectivity index (χ2n) is 1.61. The first-order valence-electron chi connectivity index (χ1n) is 3.07. The highest BCUT2D eigenvalue weighted by Gasteiger charge is 1.72. The second-order valence-corrected chi connectivity index (χ2v) is 1.61. The van der Waals surface area contributed by atoms with Crippen LogP contribution in [0, 0.1) is 0 Å². The Morgan fingerprint density at radius 3 is 2.45 bits per heavy atom. The fourth-order valence-corrected chi connectivity index (χ4v) is 0.434. The van der Waals surface area contributed by atoms with Crippen LogP contribution in [0.5, 0.6) is 0 Å². The third-order valence-corrected chi connectivity index (χ3v) is 0.837. The van der Waals surface area contributed by atoms with Crippen molar-refractivity contribution in [2.75, 3.05) is 0 Å². The summed E-state index contributed by atoms with van der Waals surface area (Å²) in [4.78, 5) is 4.55. The van der Waals surface area contributed by atoms with Crippen LogP contribution in [0.25, 0.3) is 0 Å². The molecule has 1 aliphatic heterocycles. The van der Waals surface area contributed by atoms with Gasteiger partial charge in [0, 0.05) is 6.20 Å². The van der Waals surface area contributed by atoms with Crippen LogP contribution < -0.4 is 5.48 Å². The molecule has 2 rings (SSSR count). The minimum atomic E-state index is 1.51. The van der Waals surface area contributed by atoms with E-state index in [-0.39, 0.29) is 0 Å². The molecule has 0 aromatic carbocycles. The molecule has 0 bridgehead atoms. The van der Waals surface area contributed by atoms with Gasteiger partial charge in [-0.15, -0.1) is 0 Å². The first-order valence-corrected chi connectivity index (χ1v) is 3.07. The number of aromatic nitrogens is 1. The van der Waals surface area contributed by atoms with Gasteiger partial charge in [-0.25, -0.2) is 5.48 Å². The fraction of sp³-hybridized carbons (Fsp3) is 0. The zero-order valence-corrected chi connectivity index (χ0v) is 5.81. The van der Waals surface area contributed by atoms with Gasteiger partial charge >= 0.3 is 0 Å². The summed E-state index contributed by atoms with van der Waals surface area (Å²) < 4.78 is 4.33. The fourth-order valence-electron chi connectivity index (χ4n) is 0.434. The van der Waals surface area contributed by atoms with E-state index in [2.05, 4.69) is 20.0 Å². The lowest BCUT2D eigenvalue weighted by molar-refractivity contribution is 0.172. The minimum absolute atomic E-state index is 1.51. The molecule has 4 nitrogen and oxygen atoms in total. The average Bonchev–Trinajstić information content (AvgIpc) is 2.64. The molecule has 0 spiro atoms. The van der Waals surface area contributed by atoms with Gasteiger partial charge in [-0.3, -0.25) is 0 Å². The van der Waals surface area contributed by atoms with E-state index in [0.717, 1.165) is 0 Å².